The third-order valence-electron chi connectivity index (χ3n) is 2.54. The first-order valence-electron chi connectivity index (χ1n) is 5.88. The number of furan rings is 1. The van der Waals surface area contributed by atoms with Gasteiger partial charge in [-0.05, 0) is 19.1 Å². The Balaban J connectivity index is 2.45. The minimum absolute atomic E-state index is 0.141. The van der Waals surface area contributed by atoms with Crippen LogP contribution in [0.5, 0.6) is 11.5 Å². The summed E-state index contributed by atoms with van der Waals surface area (Å²) in [5, 5.41) is 22.3. The van der Waals surface area contributed by atoms with Crippen LogP contribution in [0.15, 0.2) is 22.6 Å². The fourth-order valence-corrected chi connectivity index (χ4v) is 2.21. The molecule has 2 aromatic rings. The third kappa shape index (κ3) is 3.01. The minimum atomic E-state index is -0.835. The summed E-state index contributed by atoms with van der Waals surface area (Å²) < 4.78 is 9.88. The molecule has 0 aliphatic rings. The Morgan fingerprint density at radius 3 is 2.48 bits per heavy atom. The van der Waals surface area contributed by atoms with E-state index in [1.54, 1.807) is 25.1 Å². The molecule has 0 fully saturated rings. The predicted octanol–water partition coefficient (Wildman–Crippen LogP) is 4.23. The van der Waals surface area contributed by atoms with Gasteiger partial charge >= 0.3 is 6.09 Å². The molecule has 1 amide bonds. The molecule has 0 bridgehead atoms. The molecule has 0 radical (unpaired) electrons. The molecule has 0 atom stereocenters. The number of benzene rings is 1. The van der Waals surface area contributed by atoms with E-state index in [2.05, 4.69) is 10.1 Å². The molecule has 1 aromatic carbocycles. The summed E-state index contributed by atoms with van der Waals surface area (Å²) >= 11 is 12.0. The van der Waals surface area contributed by atoms with E-state index in [0.29, 0.717) is 0 Å². The normalized spacial score (nSPS) is 10.4. The van der Waals surface area contributed by atoms with Crippen LogP contribution in [0.4, 0.5) is 10.7 Å². The van der Waals surface area contributed by atoms with E-state index < -0.39 is 17.6 Å². The second-order valence-electron chi connectivity index (χ2n) is 3.90. The topological polar surface area (TPSA) is 91.9 Å². The summed E-state index contributed by atoms with van der Waals surface area (Å²) in [7, 11) is 0. The number of nitrogens with one attached hydrogen (secondary N) is 1. The maximum atomic E-state index is 11.3. The van der Waals surface area contributed by atoms with Crippen LogP contribution >= 0.6 is 23.2 Å². The highest BCUT2D eigenvalue weighted by Crippen LogP contribution is 2.48. The van der Waals surface area contributed by atoms with Crippen molar-refractivity contribution in [2.45, 2.75) is 6.92 Å². The summed E-state index contributed by atoms with van der Waals surface area (Å²) in [4.78, 5) is 11.3. The maximum absolute atomic E-state index is 11.3. The van der Waals surface area contributed by atoms with Gasteiger partial charge in [0, 0.05) is 0 Å². The summed E-state index contributed by atoms with van der Waals surface area (Å²) in [6, 6.07) is 4.70. The van der Waals surface area contributed by atoms with Crippen LogP contribution in [-0.2, 0) is 4.74 Å². The standard InChI is InChI=1S/C13H11Cl2NO5/c1-2-20-13(19)16-12-10(18)9(17)11(21-12)8-6(14)4-3-5-7(8)15/h3-5,17-18H,2H2,1H3,(H,16,19). The molecule has 0 saturated carbocycles. The Morgan fingerprint density at radius 1 is 1.29 bits per heavy atom. The first-order valence-corrected chi connectivity index (χ1v) is 6.64. The average Bonchev–Trinajstić information content (AvgIpc) is 2.68. The van der Waals surface area contributed by atoms with Crippen molar-refractivity contribution >= 4 is 35.2 Å². The monoisotopic (exact) mass is 331 g/mol. The van der Waals surface area contributed by atoms with Gasteiger partial charge in [0.1, 0.15) is 0 Å². The van der Waals surface area contributed by atoms with Gasteiger partial charge in [0.15, 0.2) is 5.76 Å². The second kappa shape index (κ2) is 6.15. The number of rotatable bonds is 3. The van der Waals surface area contributed by atoms with Crippen molar-refractivity contribution < 1.29 is 24.2 Å². The van der Waals surface area contributed by atoms with Crippen LogP contribution < -0.4 is 5.32 Å². The van der Waals surface area contributed by atoms with Gasteiger partial charge in [-0.2, -0.15) is 0 Å². The lowest BCUT2D eigenvalue weighted by Crippen LogP contribution is -2.12. The van der Waals surface area contributed by atoms with Crippen molar-refractivity contribution in [3.8, 4) is 22.8 Å². The zero-order valence-corrected chi connectivity index (χ0v) is 12.3. The molecule has 0 spiro atoms. The highest BCUT2D eigenvalue weighted by molar-refractivity contribution is 6.39. The molecular weight excluding hydrogens is 321 g/mol. The number of ether oxygens (including phenoxy) is 1. The molecular formula is C13H11Cl2NO5. The van der Waals surface area contributed by atoms with Crippen LogP contribution in [0, 0.1) is 0 Å². The van der Waals surface area contributed by atoms with Crippen LogP contribution in [0.1, 0.15) is 6.92 Å². The summed E-state index contributed by atoms with van der Waals surface area (Å²) in [6.07, 6.45) is -0.835. The summed E-state index contributed by atoms with van der Waals surface area (Å²) in [5.41, 5.74) is 0.200. The molecule has 1 aromatic heterocycles. The Morgan fingerprint density at radius 2 is 1.90 bits per heavy atom. The van der Waals surface area contributed by atoms with Crippen molar-refractivity contribution in [2.75, 3.05) is 11.9 Å². The van der Waals surface area contributed by atoms with Crippen molar-refractivity contribution in [2.24, 2.45) is 0 Å². The maximum Gasteiger partial charge on any atom is 0.414 e. The van der Waals surface area contributed by atoms with Crippen molar-refractivity contribution in [3.05, 3.63) is 28.2 Å². The molecule has 6 nitrogen and oxygen atoms in total. The summed E-state index contributed by atoms with van der Waals surface area (Å²) in [5.74, 6) is -1.75. The lowest BCUT2D eigenvalue weighted by molar-refractivity contribution is 0.167. The number of halogens is 2. The number of hydrogen-bond acceptors (Lipinski definition) is 5. The van der Waals surface area contributed by atoms with Crippen molar-refractivity contribution in [1.29, 1.82) is 0 Å². The SMILES string of the molecule is CCOC(=O)Nc1oc(-c2c(Cl)cccc2Cl)c(O)c1O. The van der Waals surface area contributed by atoms with E-state index in [9.17, 15) is 15.0 Å². The molecule has 0 unspecified atom stereocenters. The Hall–Kier alpha value is -2.05. The van der Waals surface area contributed by atoms with Gasteiger partial charge in [-0.15, -0.1) is 0 Å². The Bertz CT molecular complexity index is 663. The number of anilines is 1. The lowest BCUT2D eigenvalue weighted by atomic mass is 10.1. The second-order valence-corrected chi connectivity index (χ2v) is 4.71. The molecule has 112 valence electrons. The molecule has 0 aliphatic carbocycles. The van der Waals surface area contributed by atoms with Gasteiger partial charge in [-0.1, -0.05) is 29.3 Å². The fourth-order valence-electron chi connectivity index (χ4n) is 1.64. The molecule has 1 heterocycles. The van der Waals surface area contributed by atoms with Gasteiger partial charge in [-0.25, -0.2) is 4.79 Å². The van der Waals surface area contributed by atoms with E-state index in [-0.39, 0.29) is 33.9 Å². The first-order chi connectivity index (χ1) is 9.95. The fraction of sp³-hybridized carbons (Fsp3) is 0.154. The van der Waals surface area contributed by atoms with Gasteiger partial charge in [-0.3, -0.25) is 5.32 Å². The molecule has 0 aliphatic heterocycles. The molecule has 2 rings (SSSR count). The summed E-state index contributed by atoms with van der Waals surface area (Å²) in [6.45, 7) is 1.76. The molecule has 3 N–H and O–H groups in total. The predicted molar refractivity (Wildman–Crippen MR) is 78.1 cm³/mol. The third-order valence-corrected chi connectivity index (χ3v) is 3.17. The number of carbonyl (C=O) groups excluding carboxylic acids is 1. The molecule has 21 heavy (non-hydrogen) atoms. The molecule has 8 heteroatoms. The van der Waals surface area contributed by atoms with Gasteiger partial charge in [0.05, 0.1) is 22.2 Å². The van der Waals surface area contributed by atoms with E-state index >= 15 is 0 Å². The largest absolute Gasteiger partial charge is 0.502 e. The Labute approximate surface area is 129 Å². The Kier molecular flexibility index (Phi) is 4.50. The zero-order valence-electron chi connectivity index (χ0n) is 10.8. The highest BCUT2D eigenvalue weighted by Gasteiger charge is 2.25. The van der Waals surface area contributed by atoms with E-state index in [4.69, 9.17) is 27.6 Å². The van der Waals surface area contributed by atoms with Crippen LogP contribution in [0.2, 0.25) is 10.0 Å². The number of aromatic hydroxyl groups is 2. The van der Waals surface area contributed by atoms with Crippen molar-refractivity contribution in [3.63, 3.8) is 0 Å². The van der Waals surface area contributed by atoms with Crippen molar-refractivity contribution in [1.82, 2.24) is 0 Å². The van der Waals surface area contributed by atoms with Gasteiger partial charge < -0.3 is 19.4 Å². The van der Waals surface area contributed by atoms with E-state index in [0.717, 1.165) is 0 Å². The minimum Gasteiger partial charge on any atom is -0.502 e. The van der Waals surface area contributed by atoms with E-state index in [1.165, 1.54) is 0 Å². The average molecular weight is 332 g/mol. The number of amides is 1. The van der Waals surface area contributed by atoms with Crippen LogP contribution in [0.25, 0.3) is 11.3 Å². The van der Waals surface area contributed by atoms with E-state index in [1.807, 2.05) is 0 Å². The highest BCUT2D eigenvalue weighted by atomic mass is 35.5. The zero-order chi connectivity index (χ0) is 15.6. The molecule has 0 saturated heterocycles. The smallest absolute Gasteiger partial charge is 0.414 e. The van der Waals surface area contributed by atoms with Crippen LogP contribution in [0.3, 0.4) is 0 Å². The van der Waals surface area contributed by atoms with Crippen LogP contribution in [-0.4, -0.2) is 22.9 Å². The van der Waals surface area contributed by atoms with Gasteiger partial charge in [0.25, 0.3) is 0 Å². The van der Waals surface area contributed by atoms with Gasteiger partial charge in [0.2, 0.25) is 17.4 Å². The first kappa shape index (κ1) is 15.3. The number of carbonyl (C=O) groups is 1. The number of hydrogen-bond donors (Lipinski definition) is 3. The lowest BCUT2D eigenvalue weighted by Gasteiger charge is -2.04. The quantitative estimate of drug-likeness (QED) is 0.782.